The van der Waals surface area contributed by atoms with E-state index >= 15 is 0 Å². The number of aryl methyl sites for hydroxylation is 1. The number of carboxylic acids is 2. The molecule has 114 valence electrons. The van der Waals surface area contributed by atoms with Crippen LogP contribution in [-0.2, 0) is 9.59 Å². The van der Waals surface area contributed by atoms with Gasteiger partial charge in [0, 0.05) is 5.69 Å². The number of aliphatic carboxylic acids is 2. The Morgan fingerprint density at radius 2 is 1.95 bits per heavy atom. The van der Waals surface area contributed by atoms with Crippen LogP contribution in [0.3, 0.4) is 0 Å². The van der Waals surface area contributed by atoms with Crippen LogP contribution in [0.5, 0.6) is 0 Å². The third-order valence-corrected chi connectivity index (χ3v) is 3.11. The van der Waals surface area contributed by atoms with Gasteiger partial charge in [0.2, 0.25) is 0 Å². The number of urea groups is 1. The van der Waals surface area contributed by atoms with Crippen molar-refractivity contribution in [2.24, 2.45) is 0 Å². The molecule has 0 spiro atoms. The quantitative estimate of drug-likeness (QED) is 0.638. The molecule has 1 aromatic rings. The minimum absolute atomic E-state index is 0.146. The fourth-order valence-corrected chi connectivity index (χ4v) is 1.93. The van der Waals surface area contributed by atoms with Gasteiger partial charge in [0.15, 0.2) is 0 Å². The van der Waals surface area contributed by atoms with Gasteiger partial charge >= 0.3 is 18.0 Å². The smallest absolute Gasteiger partial charge is 0.326 e. The molecular weight excluding hydrogens is 351 g/mol. The number of rotatable bonds is 5. The summed E-state index contributed by atoms with van der Waals surface area (Å²) in [7, 11) is 0. The Morgan fingerprint density at radius 1 is 1.33 bits per heavy atom. The van der Waals surface area contributed by atoms with Gasteiger partial charge in [-0.25, -0.2) is 14.0 Å². The van der Waals surface area contributed by atoms with Crippen molar-refractivity contribution in [2.75, 3.05) is 5.32 Å². The number of hydrogen-bond donors (Lipinski definition) is 4. The Hall–Kier alpha value is -2.16. The zero-order chi connectivity index (χ0) is 16.2. The molecule has 0 unspecified atom stereocenters. The van der Waals surface area contributed by atoms with Crippen molar-refractivity contribution in [3.63, 3.8) is 0 Å². The highest BCUT2D eigenvalue weighted by Gasteiger charge is 2.23. The summed E-state index contributed by atoms with van der Waals surface area (Å²) in [6, 6.07) is -0.0142. The number of amides is 2. The predicted molar refractivity (Wildman–Crippen MR) is 74.7 cm³/mol. The van der Waals surface area contributed by atoms with Crippen LogP contribution in [-0.4, -0.2) is 34.2 Å². The summed E-state index contributed by atoms with van der Waals surface area (Å²) in [6.07, 6.45) is -0.767. The van der Waals surface area contributed by atoms with Crippen LogP contribution in [0.25, 0.3) is 0 Å². The number of nitrogens with one attached hydrogen (secondary N) is 2. The molecule has 0 aliphatic rings. The van der Waals surface area contributed by atoms with Crippen molar-refractivity contribution in [1.82, 2.24) is 5.32 Å². The van der Waals surface area contributed by atoms with Crippen molar-refractivity contribution in [3.05, 3.63) is 28.0 Å². The molecule has 9 heteroatoms. The van der Waals surface area contributed by atoms with Gasteiger partial charge in [-0.1, -0.05) is 0 Å². The number of halogens is 2. The number of hydrogen-bond acceptors (Lipinski definition) is 3. The molecule has 0 aromatic heterocycles. The van der Waals surface area contributed by atoms with Gasteiger partial charge < -0.3 is 20.8 Å². The van der Waals surface area contributed by atoms with E-state index in [0.717, 1.165) is 6.07 Å². The Labute approximate surface area is 127 Å². The summed E-state index contributed by atoms with van der Waals surface area (Å²) in [5, 5.41) is 21.6. The van der Waals surface area contributed by atoms with E-state index in [1.165, 1.54) is 6.07 Å². The van der Waals surface area contributed by atoms with E-state index in [-0.39, 0.29) is 10.2 Å². The van der Waals surface area contributed by atoms with Crippen LogP contribution < -0.4 is 10.6 Å². The first-order valence-electron chi connectivity index (χ1n) is 5.68. The molecule has 0 heterocycles. The molecule has 0 fully saturated rings. The average Bonchev–Trinajstić information content (AvgIpc) is 2.34. The summed E-state index contributed by atoms with van der Waals surface area (Å²) in [6.45, 7) is 1.62. The van der Waals surface area contributed by atoms with Crippen LogP contribution in [0.1, 0.15) is 12.0 Å². The second-order valence-corrected chi connectivity index (χ2v) is 5.02. The van der Waals surface area contributed by atoms with Crippen LogP contribution in [0.2, 0.25) is 0 Å². The van der Waals surface area contributed by atoms with Crippen molar-refractivity contribution in [2.45, 2.75) is 19.4 Å². The highest BCUT2D eigenvalue weighted by molar-refractivity contribution is 9.10. The zero-order valence-electron chi connectivity index (χ0n) is 10.8. The molecule has 7 nitrogen and oxygen atoms in total. The maximum atomic E-state index is 13.4. The second-order valence-electron chi connectivity index (χ2n) is 4.17. The molecule has 0 radical (unpaired) electrons. The zero-order valence-corrected chi connectivity index (χ0v) is 12.4. The minimum Gasteiger partial charge on any atom is -0.481 e. The second kappa shape index (κ2) is 7.02. The van der Waals surface area contributed by atoms with Gasteiger partial charge in [-0.15, -0.1) is 0 Å². The SMILES string of the molecule is Cc1cc(Br)c(F)cc1NC(=O)N[C@@H](CC(=O)O)C(=O)O. The Balaban J connectivity index is 2.79. The fraction of sp³-hybridized carbons (Fsp3) is 0.250. The number of carbonyl (C=O) groups excluding carboxylic acids is 1. The van der Waals surface area contributed by atoms with E-state index in [2.05, 4.69) is 21.2 Å². The van der Waals surface area contributed by atoms with Gasteiger partial charge in [0.1, 0.15) is 11.9 Å². The van der Waals surface area contributed by atoms with Crippen LogP contribution in [0.4, 0.5) is 14.9 Å². The Kier molecular flexibility index (Phi) is 5.65. The molecule has 0 aliphatic heterocycles. The van der Waals surface area contributed by atoms with E-state index in [1.807, 2.05) is 5.32 Å². The lowest BCUT2D eigenvalue weighted by atomic mass is 10.2. The highest BCUT2D eigenvalue weighted by atomic mass is 79.9. The van der Waals surface area contributed by atoms with Crippen LogP contribution >= 0.6 is 15.9 Å². The first-order valence-corrected chi connectivity index (χ1v) is 6.47. The standard InChI is InChI=1S/C12H12BrFN2O5/c1-5-2-6(13)7(14)3-8(5)15-12(21)16-9(11(19)20)4-10(17)18/h2-3,9H,4H2,1H3,(H,17,18)(H,19,20)(H2,15,16,21)/t9-/m0/s1. The summed E-state index contributed by atoms with van der Waals surface area (Å²) >= 11 is 2.99. The third-order valence-electron chi connectivity index (χ3n) is 2.50. The number of benzene rings is 1. The number of anilines is 1. The normalized spacial score (nSPS) is 11.6. The number of carbonyl (C=O) groups is 3. The monoisotopic (exact) mass is 362 g/mol. The number of carboxylic acid groups (broad SMARTS) is 2. The predicted octanol–water partition coefficient (Wildman–Crippen LogP) is 1.95. The molecule has 1 aromatic carbocycles. The van der Waals surface area contributed by atoms with Gasteiger partial charge in [-0.05, 0) is 40.5 Å². The molecule has 1 rings (SSSR count). The Bertz CT molecular complexity index is 593. The fourth-order valence-electron chi connectivity index (χ4n) is 1.47. The minimum atomic E-state index is -1.58. The maximum absolute atomic E-state index is 13.4. The van der Waals surface area contributed by atoms with Crippen LogP contribution in [0.15, 0.2) is 16.6 Å². The maximum Gasteiger partial charge on any atom is 0.326 e. The highest BCUT2D eigenvalue weighted by Crippen LogP contribution is 2.23. The first kappa shape index (κ1) is 16.9. The molecule has 21 heavy (non-hydrogen) atoms. The molecule has 1 atom stereocenters. The summed E-state index contributed by atoms with van der Waals surface area (Å²) in [4.78, 5) is 33.0. The van der Waals surface area contributed by atoms with Crippen molar-refractivity contribution >= 4 is 39.6 Å². The molecular formula is C12H12BrFN2O5. The van der Waals surface area contributed by atoms with E-state index in [9.17, 15) is 18.8 Å². The van der Waals surface area contributed by atoms with Gasteiger partial charge in [-0.3, -0.25) is 4.79 Å². The van der Waals surface area contributed by atoms with Crippen LogP contribution in [0, 0.1) is 12.7 Å². The van der Waals surface area contributed by atoms with Gasteiger partial charge in [0.05, 0.1) is 10.9 Å². The third kappa shape index (κ3) is 5.03. The topological polar surface area (TPSA) is 116 Å². The van der Waals surface area contributed by atoms with Crippen molar-refractivity contribution < 1.29 is 29.0 Å². The molecule has 0 bridgehead atoms. The summed E-state index contributed by atoms with van der Waals surface area (Å²) in [5.41, 5.74) is 0.691. The Morgan fingerprint density at radius 3 is 2.48 bits per heavy atom. The lowest BCUT2D eigenvalue weighted by Gasteiger charge is -2.14. The van der Waals surface area contributed by atoms with E-state index < -0.39 is 36.2 Å². The molecule has 0 saturated carbocycles. The average molecular weight is 363 g/mol. The van der Waals surface area contributed by atoms with E-state index in [4.69, 9.17) is 10.2 Å². The lowest BCUT2D eigenvalue weighted by Crippen LogP contribution is -2.44. The largest absolute Gasteiger partial charge is 0.481 e. The van der Waals surface area contributed by atoms with Gasteiger partial charge in [-0.2, -0.15) is 0 Å². The summed E-state index contributed by atoms with van der Waals surface area (Å²) in [5.74, 6) is -3.45. The van der Waals surface area contributed by atoms with Crippen molar-refractivity contribution in [1.29, 1.82) is 0 Å². The molecule has 0 aliphatic carbocycles. The van der Waals surface area contributed by atoms with E-state index in [1.54, 1.807) is 6.92 Å². The van der Waals surface area contributed by atoms with E-state index in [0.29, 0.717) is 5.56 Å². The van der Waals surface area contributed by atoms with Crippen molar-refractivity contribution in [3.8, 4) is 0 Å². The first-order chi connectivity index (χ1) is 9.70. The van der Waals surface area contributed by atoms with Gasteiger partial charge in [0.25, 0.3) is 0 Å². The summed E-state index contributed by atoms with van der Waals surface area (Å²) < 4.78 is 13.6. The molecule has 2 amide bonds. The molecule has 4 N–H and O–H groups in total. The molecule has 0 saturated heterocycles. The lowest BCUT2D eigenvalue weighted by molar-refractivity contribution is -0.145.